The largest absolute Gasteiger partial charge is 0.439 e. The molecular weight excluding hydrogens is 478 g/mol. The van der Waals surface area contributed by atoms with Crippen LogP contribution < -0.4 is 4.74 Å². The van der Waals surface area contributed by atoms with Gasteiger partial charge in [-0.15, -0.1) is 0 Å². The molecule has 4 aromatic rings. The Morgan fingerprint density at radius 2 is 1.89 bits per heavy atom. The van der Waals surface area contributed by atoms with E-state index in [-0.39, 0.29) is 5.91 Å². The SMILES string of the molecule is N#CC1(C(=O)N2CCN(Cc3ccc4cc(Oc5ccc(-c6ccn[nH]6)cn5)ccc4n3)CC2)CCCC1. The van der Waals surface area contributed by atoms with E-state index < -0.39 is 5.41 Å². The molecule has 0 spiro atoms. The normalized spacial score (nSPS) is 17.4. The summed E-state index contributed by atoms with van der Waals surface area (Å²) in [6.45, 7) is 3.62. The molecule has 1 aromatic carbocycles. The number of aromatic nitrogens is 4. The van der Waals surface area contributed by atoms with Crippen LogP contribution in [0.3, 0.4) is 0 Å². The predicted octanol–water partition coefficient (Wildman–Crippen LogP) is 4.54. The average molecular weight is 508 g/mol. The minimum absolute atomic E-state index is 0.0305. The molecule has 3 aromatic heterocycles. The standard InChI is InChI=1S/C29H29N7O2/c30-20-29(10-1-2-11-29)28(37)36-15-13-35(14-16-36)19-23-5-3-21-17-24(6-7-25(21)33-23)38-27-8-4-22(18-31-27)26-9-12-32-34-26/h3-9,12,17-18H,1-2,10-11,13-16,19H2,(H,32,34). The molecule has 0 unspecified atom stereocenters. The number of ether oxygens (including phenoxy) is 1. The molecule has 0 radical (unpaired) electrons. The highest BCUT2D eigenvalue weighted by Gasteiger charge is 2.44. The van der Waals surface area contributed by atoms with E-state index in [1.165, 1.54) is 0 Å². The molecule has 38 heavy (non-hydrogen) atoms. The van der Waals surface area contributed by atoms with E-state index in [9.17, 15) is 10.1 Å². The Kier molecular flexibility index (Phi) is 6.48. The Bertz CT molecular complexity index is 1460. The summed E-state index contributed by atoms with van der Waals surface area (Å²) in [6, 6.07) is 18.0. The summed E-state index contributed by atoms with van der Waals surface area (Å²) in [4.78, 5) is 26.5. The molecule has 9 heteroatoms. The van der Waals surface area contributed by atoms with Gasteiger partial charge in [0.15, 0.2) is 0 Å². The first-order chi connectivity index (χ1) is 18.6. The Hall–Kier alpha value is -4.29. The first-order valence-electron chi connectivity index (χ1n) is 13.1. The van der Waals surface area contributed by atoms with Crippen LogP contribution in [0.2, 0.25) is 0 Å². The molecule has 1 saturated heterocycles. The number of nitriles is 1. The van der Waals surface area contributed by atoms with E-state index in [0.717, 1.165) is 60.3 Å². The lowest BCUT2D eigenvalue weighted by Crippen LogP contribution is -2.52. The molecule has 0 atom stereocenters. The van der Waals surface area contributed by atoms with Crippen molar-refractivity contribution in [2.45, 2.75) is 32.2 Å². The number of nitrogens with one attached hydrogen (secondary N) is 1. The topological polar surface area (TPSA) is 111 Å². The van der Waals surface area contributed by atoms with E-state index in [4.69, 9.17) is 9.72 Å². The number of rotatable bonds is 6. The number of carbonyl (C=O) groups excluding carboxylic acids is 1. The van der Waals surface area contributed by atoms with E-state index in [1.54, 1.807) is 12.4 Å². The van der Waals surface area contributed by atoms with Crippen LogP contribution in [0.4, 0.5) is 0 Å². The third kappa shape index (κ3) is 4.83. The van der Waals surface area contributed by atoms with E-state index in [0.29, 0.717) is 37.6 Å². The van der Waals surface area contributed by atoms with Gasteiger partial charge in [0.2, 0.25) is 11.8 Å². The van der Waals surface area contributed by atoms with Gasteiger partial charge in [0.1, 0.15) is 11.2 Å². The van der Waals surface area contributed by atoms with Crippen LogP contribution in [-0.2, 0) is 11.3 Å². The summed E-state index contributed by atoms with van der Waals surface area (Å²) in [7, 11) is 0. The monoisotopic (exact) mass is 507 g/mol. The van der Waals surface area contributed by atoms with Crippen LogP contribution in [0.25, 0.3) is 22.2 Å². The van der Waals surface area contributed by atoms with Crippen LogP contribution in [0.15, 0.2) is 60.9 Å². The summed E-state index contributed by atoms with van der Waals surface area (Å²) < 4.78 is 5.97. The summed E-state index contributed by atoms with van der Waals surface area (Å²) in [5, 5.41) is 17.5. The van der Waals surface area contributed by atoms with Crippen molar-refractivity contribution in [2.24, 2.45) is 5.41 Å². The second kappa shape index (κ2) is 10.2. The molecular formula is C29H29N7O2. The molecule has 1 amide bonds. The molecule has 1 saturated carbocycles. The molecule has 2 fully saturated rings. The lowest BCUT2D eigenvalue weighted by atomic mass is 9.86. The van der Waals surface area contributed by atoms with Gasteiger partial charge in [0, 0.05) is 62.1 Å². The van der Waals surface area contributed by atoms with Crippen LogP contribution in [0, 0.1) is 16.7 Å². The van der Waals surface area contributed by atoms with Gasteiger partial charge in [-0.2, -0.15) is 10.4 Å². The average Bonchev–Trinajstić information content (AvgIpc) is 3.67. The highest BCUT2D eigenvalue weighted by Crippen LogP contribution is 2.39. The smallest absolute Gasteiger partial charge is 0.243 e. The first-order valence-corrected chi connectivity index (χ1v) is 13.1. The minimum Gasteiger partial charge on any atom is -0.439 e. The molecule has 2 aliphatic rings. The molecule has 1 aliphatic carbocycles. The fourth-order valence-corrected chi connectivity index (χ4v) is 5.43. The number of benzene rings is 1. The van der Waals surface area contributed by atoms with Gasteiger partial charge in [-0.25, -0.2) is 4.98 Å². The van der Waals surface area contributed by atoms with Gasteiger partial charge in [-0.3, -0.25) is 19.8 Å². The minimum atomic E-state index is -0.787. The van der Waals surface area contributed by atoms with Crippen molar-refractivity contribution in [3.63, 3.8) is 0 Å². The summed E-state index contributed by atoms with van der Waals surface area (Å²) in [5.41, 5.74) is 2.96. The lowest BCUT2D eigenvalue weighted by molar-refractivity contribution is -0.140. The molecule has 1 N–H and O–H groups in total. The first kappa shape index (κ1) is 24.1. The van der Waals surface area contributed by atoms with E-state index in [2.05, 4.69) is 32.2 Å². The Balaban J connectivity index is 1.06. The zero-order valence-electron chi connectivity index (χ0n) is 21.1. The number of hydrogen-bond donors (Lipinski definition) is 1. The van der Waals surface area contributed by atoms with E-state index >= 15 is 0 Å². The number of piperazine rings is 1. The number of H-pyrrole nitrogens is 1. The molecule has 6 rings (SSSR count). The van der Waals surface area contributed by atoms with Gasteiger partial charge in [-0.05, 0) is 49.2 Å². The van der Waals surface area contributed by atoms with Crippen molar-refractivity contribution < 1.29 is 9.53 Å². The number of fused-ring (bicyclic) bond motifs is 1. The summed E-state index contributed by atoms with van der Waals surface area (Å²) >= 11 is 0. The van der Waals surface area contributed by atoms with Crippen molar-refractivity contribution >= 4 is 16.8 Å². The zero-order valence-corrected chi connectivity index (χ0v) is 21.1. The highest BCUT2D eigenvalue weighted by molar-refractivity contribution is 5.86. The second-order valence-corrected chi connectivity index (χ2v) is 10.1. The predicted molar refractivity (Wildman–Crippen MR) is 142 cm³/mol. The quantitative estimate of drug-likeness (QED) is 0.408. The van der Waals surface area contributed by atoms with Crippen LogP contribution in [0.5, 0.6) is 11.6 Å². The van der Waals surface area contributed by atoms with Crippen molar-refractivity contribution in [3.8, 4) is 29.0 Å². The Morgan fingerprint density at radius 1 is 1.05 bits per heavy atom. The number of aromatic amines is 1. The maximum Gasteiger partial charge on any atom is 0.243 e. The lowest BCUT2D eigenvalue weighted by Gasteiger charge is -2.37. The maximum absolute atomic E-state index is 13.0. The van der Waals surface area contributed by atoms with Gasteiger partial charge < -0.3 is 9.64 Å². The maximum atomic E-state index is 13.0. The molecule has 4 heterocycles. The van der Waals surface area contributed by atoms with Crippen LogP contribution in [-0.4, -0.2) is 62.1 Å². The third-order valence-corrected chi connectivity index (χ3v) is 7.61. The molecule has 1 aliphatic heterocycles. The van der Waals surface area contributed by atoms with Crippen molar-refractivity contribution in [3.05, 3.63) is 66.6 Å². The summed E-state index contributed by atoms with van der Waals surface area (Å²) in [6.07, 6.45) is 6.80. The number of nitrogens with zero attached hydrogens (tertiary/aromatic N) is 6. The van der Waals surface area contributed by atoms with Crippen LogP contribution >= 0.6 is 0 Å². The second-order valence-electron chi connectivity index (χ2n) is 10.1. The number of pyridine rings is 2. The fraction of sp³-hybridized carbons (Fsp3) is 0.345. The summed E-state index contributed by atoms with van der Waals surface area (Å²) in [5.74, 6) is 1.25. The van der Waals surface area contributed by atoms with E-state index in [1.807, 2.05) is 47.4 Å². The Morgan fingerprint density at radius 3 is 2.61 bits per heavy atom. The molecule has 9 nitrogen and oxygen atoms in total. The van der Waals surface area contributed by atoms with Gasteiger partial charge in [-0.1, -0.05) is 18.9 Å². The zero-order chi connectivity index (χ0) is 26.0. The van der Waals surface area contributed by atoms with Crippen molar-refractivity contribution in [2.75, 3.05) is 26.2 Å². The van der Waals surface area contributed by atoms with Gasteiger partial charge >= 0.3 is 0 Å². The highest BCUT2D eigenvalue weighted by atomic mass is 16.5. The van der Waals surface area contributed by atoms with Crippen LogP contribution in [0.1, 0.15) is 31.4 Å². The number of carbonyl (C=O) groups is 1. The van der Waals surface area contributed by atoms with Crippen molar-refractivity contribution in [1.82, 2.24) is 30.0 Å². The third-order valence-electron chi connectivity index (χ3n) is 7.61. The molecule has 192 valence electrons. The van der Waals surface area contributed by atoms with Gasteiger partial charge in [0.25, 0.3) is 0 Å². The number of hydrogen-bond acceptors (Lipinski definition) is 7. The number of amides is 1. The fourth-order valence-electron chi connectivity index (χ4n) is 5.43. The van der Waals surface area contributed by atoms with Crippen molar-refractivity contribution in [1.29, 1.82) is 5.26 Å². The Labute approximate surface area is 221 Å². The molecule has 0 bridgehead atoms. The van der Waals surface area contributed by atoms with Gasteiger partial charge in [0.05, 0.1) is 23.0 Å².